The van der Waals surface area contributed by atoms with Crippen molar-refractivity contribution < 1.29 is 47.3 Å². The number of carbonyl (C=O) groups is 4. The highest BCUT2D eigenvalue weighted by Gasteiger charge is 2.43. The number of rotatable bonds is 11. The van der Waals surface area contributed by atoms with Crippen LogP contribution >= 0.6 is 0 Å². The van der Waals surface area contributed by atoms with E-state index in [9.17, 15) is 19.2 Å². The standard InChI is InChI=1S/C56H64FN9O9/c1-30(2)47(62-54(69)71-5)51(67)64-18-7-11-41(64)50-59-29-39(61-50)35-23-37(57)46-43-24-36-22-32(15-16-40(36)66(43)53(75-45(46)26-35)33-14-13-31-10-9-20-73-44(31)25-33)38-28-58-49(60-38)42-12-8-19-65(42)52(68)48(63-55(70)72-6)34-17-21-74-56(3,4)27-34/h13-16,22-26,28-30,34,41-42,47-48,53H,7-12,17-21,27H2,1-6H3,(H,58,60)(H,59,61)(H,62,69)(H,63,70)/t34?,41-,42-,47-,48?,53?/m0/s1. The highest BCUT2D eigenvalue weighted by molar-refractivity contribution is 5.93. The van der Waals surface area contributed by atoms with Crippen molar-refractivity contribution in [2.24, 2.45) is 11.8 Å². The van der Waals surface area contributed by atoms with Gasteiger partial charge >= 0.3 is 12.2 Å². The molecule has 0 radical (unpaired) electrons. The van der Waals surface area contributed by atoms with Gasteiger partial charge in [0.05, 0.1) is 79.1 Å². The van der Waals surface area contributed by atoms with Crippen LogP contribution in [-0.2, 0) is 30.2 Å². The van der Waals surface area contributed by atoms with E-state index in [1.54, 1.807) is 17.3 Å². The molecule has 18 nitrogen and oxygen atoms in total. The first-order valence-electron chi connectivity index (χ1n) is 26.1. The Morgan fingerprint density at radius 1 is 0.787 bits per heavy atom. The van der Waals surface area contributed by atoms with E-state index in [2.05, 4.69) is 38.8 Å². The number of imidazole rings is 2. The first-order chi connectivity index (χ1) is 36.2. The van der Waals surface area contributed by atoms with Crippen LogP contribution in [0.15, 0.2) is 67.0 Å². The summed E-state index contributed by atoms with van der Waals surface area (Å²) in [5.74, 6) is 1.17. The van der Waals surface area contributed by atoms with Gasteiger partial charge in [0.25, 0.3) is 0 Å². The van der Waals surface area contributed by atoms with Gasteiger partial charge in [-0.05, 0) is 119 Å². The van der Waals surface area contributed by atoms with Crippen LogP contribution in [0.4, 0.5) is 14.0 Å². The summed E-state index contributed by atoms with van der Waals surface area (Å²) in [7, 11) is 2.57. The van der Waals surface area contributed by atoms with Crippen LogP contribution in [0.1, 0.15) is 114 Å². The number of H-pyrrole nitrogens is 2. The Kier molecular flexibility index (Phi) is 13.3. The van der Waals surface area contributed by atoms with Crippen LogP contribution in [-0.4, -0.2) is 117 Å². The quantitative estimate of drug-likeness (QED) is 0.0963. The highest BCUT2D eigenvalue weighted by Crippen LogP contribution is 2.48. The summed E-state index contributed by atoms with van der Waals surface area (Å²) in [6.45, 7) is 9.87. The van der Waals surface area contributed by atoms with Gasteiger partial charge in [0.2, 0.25) is 18.0 Å². The second-order valence-corrected chi connectivity index (χ2v) is 21.4. The number of alkyl carbamates (subject to hydrolysis) is 2. The Hall–Kier alpha value is -7.41. The van der Waals surface area contributed by atoms with Gasteiger partial charge in [0.1, 0.15) is 41.0 Å². The maximum Gasteiger partial charge on any atom is 0.407 e. The summed E-state index contributed by atoms with van der Waals surface area (Å²) < 4.78 is 47.9. The van der Waals surface area contributed by atoms with Crippen LogP contribution in [0.25, 0.3) is 44.7 Å². The molecule has 19 heteroatoms. The largest absolute Gasteiger partial charge is 0.493 e. The molecule has 3 fully saturated rings. The molecule has 4 amide bonds. The number of fused-ring (bicyclic) bond motifs is 6. The minimum atomic E-state index is -0.782. The molecule has 4 N–H and O–H groups in total. The summed E-state index contributed by atoms with van der Waals surface area (Å²) in [5.41, 5.74) is 5.98. The zero-order valence-electron chi connectivity index (χ0n) is 43.2. The van der Waals surface area contributed by atoms with E-state index in [1.165, 1.54) is 20.3 Å². The molecule has 5 aliphatic rings. The molecular weight excluding hydrogens is 962 g/mol. The van der Waals surface area contributed by atoms with Crippen molar-refractivity contribution in [1.82, 2.24) is 44.9 Å². The molecular formula is C56H64FN9O9. The van der Waals surface area contributed by atoms with Crippen LogP contribution in [0.5, 0.6) is 11.5 Å². The number of carbonyl (C=O) groups excluding carboxylic acids is 4. The van der Waals surface area contributed by atoms with Gasteiger partial charge in [0.15, 0.2) is 0 Å². The molecule has 0 bridgehead atoms. The van der Waals surface area contributed by atoms with E-state index >= 15 is 4.39 Å². The van der Waals surface area contributed by atoms with Crippen molar-refractivity contribution >= 4 is 34.9 Å². The second kappa shape index (κ2) is 20.0. The molecule has 0 saturated carbocycles. The fourth-order valence-corrected chi connectivity index (χ4v) is 12.0. The number of hydrogen-bond acceptors (Lipinski definition) is 11. The molecule has 3 aromatic carbocycles. The van der Waals surface area contributed by atoms with Crippen LogP contribution in [0.3, 0.4) is 0 Å². The average Bonchev–Trinajstić information content (AvgIpc) is 4.33. The van der Waals surface area contributed by atoms with Crippen LogP contribution < -0.4 is 20.1 Å². The third kappa shape index (κ3) is 9.44. The van der Waals surface area contributed by atoms with Crippen molar-refractivity contribution in [3.8, 4) is 45.3 Å². The van der Waals surface area contributed by atoms with Gasteiger partial charge in [-0.15, -0.1) is 0 Å². The van der Waals surface area contributed by atoms with Gasteiger partial charge in [-0.1, -0.05) is 32.0 Å². The highest BCUT2D eigenvalue weighted by atomic mass is 19.1. The fraction of sp³-hybridized carbons (Fsp3) is 0.464. The maximum absolute atomic E-state index is 17.1. The van der Waals surface area contributed by atoms with Crippen molar-refractivity contribution in [3.05, 3.63) is 95.6 Å². The number of aryl methyl sites for hydroxylation is 1. The van der Waals surface area contributed by atoms with Crippen molar-refractivity contribution in [2.45, 2.75) is 115 Å². The first-order valence-corrected chi connectivity index (χ1v) is 26.1. The third-order valence-electron chi connectivity index (χ3n) is 15.7. The van der Waals surface area contributed by atoms with Gasteiger partial charge < -0.3 is 58.7 Å². The van der Waals surface area contributed by atoms with Crippen LogP contribution in [0.2, 0.25) is 0 Å². The summed E-state index contributed by atoms with van der Waals surface area (Å²) in [4.78, 5) is 73.2. The number of methoxy groups -OCH3 is 2. The molecule has 11 rings (SSSR count). The predicted octanol–water partition coefficient (Wildman–Crippen LogP) is 9.13. The molecule has 6 atom stereocenters. The average molecular weight is 1030 g/mol. The SMILES string of the molecule is COC(=O)NC(C(=O)N1CCC[C@H]1c1ncc(-c2ccc3c(c2)cc2n3C(c3ccc4c(c3)OCCC4)Oc3cc(-c4cnc([C@@H]5CCCN5C(=O)[C@@H](NC(=O)OC)C(C)C)[nH]4)cc(F)c3-2)[nH]1)C1CCOC(C)(C)C1. The van der Waals surface area contributed by atoms with E-state index in [1.807, 2.05) is 67.5 Å². The topological polar surface area (TPSA) is 207 Å². The summed E-state index contributed by atoms with van der Waals surface area (Å²) in [6.07, 6.45) is 7.39. The molecule has 3 aromatic heterocycles. The first kappa shape index (κ1) is 49.8. The number of ether oxygens (including phenoxy) is 5. The summed E-state index contributed by atoms with van der Waals surface area (Å²) in [5, 5.41) is 6.40. The zero-order valence-corrected chi connectivity index (χ0v) is 43.2. The molecule has 8 heterocycles. The molecule has 5 aliphatic heterocycles. The van der Waals surface area contributed by atoms with Crippen LogP contribution in [0, 0.1) is 17.7 Å². The molecule has 0 aliphatic carbocycles. The molecule has 6 aromatic rings. The van der Waals surface area contributed by atoms with E-state index < -0.39 is 41.9 Å². The number of aromatic nitrogens is 5. The number of halogens is 1. The van der Waals surface area contributed by atoms with Crippen molar-refractivity contribution in [3.63, 3.8) is 0 Å². The van der Waals surface area contributed by atoms with E-state index in [0.29, 0.717) is 91.9 Å². The maximum atomic E-state index is 17.1. The Morgan fingerprint density at radius 2 is 1.48 bits per heavy atom. The predicted molar refractivity (Wildman–Crippen MR) is 275 cm³/mol. The lowest BCUT2D eigenvalue weighted by molar-refractivity contribution is -0.139. The number of benzene rings is 3. The number of nitrogens with one attached hydrogen (secondary N) is 4. The summed E-state index contributed by atoms with van der Waals surface area (Å²) >= 11 is 0. The van der Waals surface area contributed by atoms with Gasteiger partial charge in [-0.2, -0.15) is 0 Å². The van der Waals surface area contributed by atoms with E-state index in [-0.39, 0.29) is 35.7 Å². The Balaban J connectivity index is 0.908. The Labute approximate surface area is 434 Å². The van der Waals surface area contributed by atoms with Crippen molar-refractivity contribution in [1.29, 1.82) is 0 Å². The number of likely N-dealkylation sites (tertiary alicyclic amines) is 2. The minimum Gasteiger partial charge on any atom is -0.493 e. The lowest BCUT2D eigenvalue weighted by Crippen LogP contribution is -2.54. The number of nitrogens with zero attached hydrogens (tertiary/aromatic N) is 5. The number of hydrogen-bond donors (Lipinski definition) is 4. The minimum absolute atomic E-state index is 0.136. The fourth-order valence-electron chi connectivity index (χ4n) is 12.0. The molecule has 0 spiro atoms. The molecule has 3 saturated heterocycles. The molecule has 394 valence electrons. The summed E-state index contributed by atoms with van der Waals surface area (Å²) in [6, 6.07) is 15.3. The Bertz CT molecular complexity index is 3180. The van der Waals surface area contributed by atoms with Gasteiger partial charge in [-0.25, -0.2) is 23.9 Å². The molecule has 75 heavy (non-hydrogen) atoms. The Morgan fingerprint density at radius 3 is 2.17 bits per heavy atom. The number of amides is 4. The van der Waals surface area contributed by atoms with Gasteiger partial charge in [0, 0.05) is 41.8 Å². The van der Waals surface area contributed by atoms with Gasteiger partial charge in [-0.3, -0.25) is 9.59 Å². The van der Waals surface area contributed by atoms with E-state index in [4.69, 9.17) is 33.7 Å². The monoisotopic (exact) mass is 1030 g/mol. The lowest BCUT2D eigenvalue weighted by atomic mass is 9.82. The molecule has 3 unspecified atom stereocenters. The zero-order chi connectivity index (χ0) is 52.3. The number of aromatic amines is 2. The van der Waals surface area contributed by atoms with Crippen molar-refractivity contribution in [2.75, 3.05) is 40.5 Å². The second-order valence-electron chi connectivity index (χ2n) is 21.4. The smallest absolute Gasteiger partial charge is 0.407 e. The lowest BCUT2D eigenvalue weighted by Gasteiger charge is -2.40. The third-order valence-corrected chi connectivity index (χ3v) is 15.7. The van der Waals surface area contributed by atoms with E-state index in [0.717, 1.165) is 64.7 Å². The normalized spacial score (nSPS) is 21.6.